The second-order valence-corrected chi connectivity index (χ2v) is 7.04. The number of aryl methyl sites for hydroxylation is 1. The van der Waals surface area contributed by atoms with E-state index in [1.54, 1.807) is 12.1 Å². The summed E-state index contributed by atoms with van der Waals surface area (Å²) in [5, 5.41) is 2.70. The van der Waals surface area contributed by atoms with E-state index >= 15 is 0 Å². The Balaban J connectivity index is 1.78. The van der Waals surface area contributed by atoms with Crippen LogP contribution in [0.15, 0.2) is 41.0 Å². The first-order chi connectivity index (χ1) is 11.8. The van der Waals surface area contributed by atoms with Gasteiger partial charge < -0.3 is 14.5 Å². The van der Waals surface area contributed by atoms with Crippen LogP contribution in [0.5, 0.6) is 5.75 Å². The Kier molecular flexibility index (Phi) is 6.02. The van der Waals surface area contributed by atoms with E-state index < -0.39 is 0 Å². The molecule has 2 rings (SSSR count). The van der Waals surface area contributed by atoms with Gasteiger partial charge in [0.05, 0.1) is 6.26 Å². The molecule has 25 heavy (non-hydrogen) atoms. The quantitative estimate of drug-likeness (QED) is 0.489. The van der Waals surface area contributed by atoms with Crippen LogP contribution in [0.25, 0.3) is 0 Å². The summed E-state index contributed by atoms with van der Waals surface area (Å²) < 4.78 is 10.4. The van der Waals surface area contributed by atoms with E-state index in [0.717, 1.165) is 5.56 Å². The zero-order valence-electron chi connectivity index (χ0n) is 15.2. The van der Waals surface area contributed by atoms with Crippen molar-refractivity contribution in [3.05, 3.63) is 53.5 Å². The largest absolute Gasteiger partial charge is 0.459 e. The average Bonchev–Trinajstić information content (AvgIpc) is 3.07. The molecule has 0 saturated heterocycles. The Morgan fingerprint density at radius 3 is 2.56 bits per heavy atom. The number of ether oxygens (including phenoxy) is 1. The summed E-state index contributed by atoms with van der Waals surface area (Å²) >= 11 is 0. The highest BCUT2D eigenvalue weighted by atomic mass is 16.5. The molecule has 0 fully saturated rings. The number of nitrogens with one attached hydrogen (secondary N) is 1. The molecule has 0 atom stereocenters. The Hall–Kier alpha value is -2.56. The fourth-order valence-corrected chi connectivity index (χ4v) is 2.33. The molecule has 1 aromatic heterocycles. The van der Waals surface area contributed by atoms with Gasteiger partial charge in [0.1, 0.15) is 5.75 Å². The van der Waals surface area contributed by atoms with Gasteiger partial charge in [-0.05, 0) is 48.1 Å². The lowest BCUT2D eigenvalue weighted by Gasteiger charge is -2.20. The van der Waals surface area contributed by atoms with E-state index in [1.807, 2.05) is 25.1 Å². The molecule has 0 radical (unpaired) electrons. The molecule has 1 N–H and O–H groups in total. The monoisotopic (exact) mass is 343 g/mol. The van der Waals surface area contributed by atoms with Crippen LogP contribution in [0.4, 0.5) is 0 Å². The van der Waals surface area contributed by atoms with E-state index in [9.17, 15) is 9.59 Å². The van der Waals surface area contributed by atoms with Gasteiger partial charge in [-0.3, -0.25) is 9.59 Å². The maximum atomic E-state index is 12.0. The van der Waals surface area contributed by atoms with E-state index in [2.05, 4.69) is 26.1 Å². The lowest BCUT2D eigenvalue weighted by Crippen LogP contribution is -2.24. The molecular formula is C20H25NO4. The van der Waals surface area contributed by atoms with Crippen LogP contribution < -0.4 is 10.1 Å². The molecule has 0 unspecified atom stereocenters. The third kappa shape index (κ3) is 5.48. The summed E-state index contributed by atoms with van der Waals surface area (Å²) in [5.74, 6) is 0.251. The number of amides is 1. The molecule has 0 aliphatic rings. The SMILES string of the molecule is Cc1cc(C(C)(C)C)ccc1OC(=O)CCCNC(=O)c1ccco1. The van der Waals surface area contributed by atoms with Crippen molar-refractivity contribution >= 4 is 11.9 Å². The van der Waals surface area contributed by atoms with Gasteiger partial charge in [0, 0.05) is 13.0 Å². The Morgan fingerprint density at radius 2 is 1.96 bits per heavy atom. The number of benzene rings is 1. The summed E-state index contributed by atoms with van der Waals surface area (Å²) in [5.41, 5.74) is 2.19. The Labute approximate surface area is 148 Å². The summed E-state index contributed by atoms with van der Waals surface area (Å²) in [4.78, 5) is 23.6. The van der Waals surface area contributed by atoms with Crippen LogP contribution in [0.1, 0.15) is 55.3 Å². The normalized spacial score (nSPS) is 11.2. The zero-order chi connectivity index (χ0) is 18.4. The van der Waals surface area contributed by atoms with Crippen molar-refractivity contribution < 1.29 is 18.7 Å². The third-order valence-electron chi connectivity index (χ3n) is 3.85. The molecule has 5 heteroatoms. The first kappa shape index (κ1) is 18.8. The lowest BCUT2D eigenvalue weighted by molar-refractivity contribution is -0.134. The third-order valence-corrected chi connectivity index (χ3v) is 3.85. The standard InChI is InChI=1S/C20H25NO4/c1-14-13-15(20(2,3)4)9-10-16(14)25-18(22)8-5-11-21-19(23)17-7-6-12-24-17/h6-7,9-10,12-13H,5,8,11H2,1-4H3,(H,21,23). The minimum absolute atomic E-state index is 0.0551. The number of rotatable bonds is 6. The van der Waals surface area contributed by atoms with Crippen molar-refractivity contribution in [2.75, 3.05) is 6.54 Å². The van der Waals surface area contributed by atoms with Gasteiger partial charge in [-0.2, -0.15) is 0 Å². The van der Waals surface area contributed by atoms with Crippen LogP contribution >= 0.6 is 0 Å². The fourth-order valence-electron chi connectivity index (χ4n) is 2.33. The molecule has 0 bridgehead atoms. The second-order valence-electron chi connectivity index (χ2n) is 7.04. The molecule has 1 amide bonds. The van der Waals surface area contributed by atoms with Crippen molar-refractivity contribution in [3.63, 3.8) is 0 Å². The molecule has 2 aromatic rings. The Morgan fingerprint density at radius 1 is 1.20 bits per heavy atom. The van der Waals surface area contributed by atoms with Gasteiger partial charge in [-0.25, -0.2) is 0 Å². The molecule has 0 aliphatic carbocycles. The van der Waals surface area contributed by atoms with Crippen LogP contribution in [0.3, 0.4) is 0 Å². The highest BCUT2D eigenvalue weighted by Gasteiger charge is 2.16. The van der Waals surface area contributed by atoms with Gasteiger partial charge >= 0.3 is 5.97 Å². The van der Waals surface area contributed by atoms with Gasteiger partial charge in [-0.15, -0.1) is 0 Å². The average molecular weight is 343 g/mol. The number of hydrogen-bond donors (Lipinski definition) is 1. The second kappa shape index (κ2) is 8.01. The Bertz CT molecular complexity index is 727. The van der Waals surface area contributed by atoms with Crippen molar-refractivity contribution in [2.45, 2.75) is 46.0 Å². The minimum atomic E-state index is -0.307. The van der Waals surface area contributed by atoms with Crippen LogP contribution in [0, 0.1) is 6.92 Å². The van der Waals surface area contributed by atoms with Gasteiger partial charge in [0.15, 0.2) is 5.76 Å². The summed E-state index contributed by atoms with van der Waals surface area (Å²) in [6, 6.07) is 9.12. The molecule has 0 aliphatic heterocycles. The molecule has 0 saturated carbocycles. The number of furan rings is 1. The first-order valence-electron chi connectivity index (χ1n) is 8.41. The van der Waals surface area contributed by atoms with E-state index in [1.165, 1.54) is 11.8 Å². The molecule has 5 nitrogen and oxygen atoms in total. The zero-order valence-corrected chi connectivity index (χ0v) is 15.2. The van der Waals surface area contributed by atoms with E-state index in [-0.39, 0.29) is 29.5 Å². The number of hydrogen-bond acceptors (Lipinski definition) is 4. The fraction of sp³-hybridized carbons (Fsp3) is 0.400. The predicted molar refractivity (Wildman–Crippen MR) is 95.8 cm³/mol. The highest BCUT2D eigenvalue weighted by Crippen LogP contribution is 2.27. The van der Waals surface area contributed by atoms with Crippen molar-refractivity contribution in [3.8, 4) is 5.75 Å². The number of carbonyl (C=O) groups excluding carboxylic acids is 2. The molecule has 1 heterocycles. The van der Waals surface area contributed by atoms with Crippen LogP contribution in [0.2, 0.25) is 0 Å². The van der Waals surface area contributed by atoms with E-state index in [0.29, 0.717) is 18.7 Å². The van der Waals surface area contributed by atoms with Crippen molar-refractivity contribution in [2.24, 2.45) is 0 Å². The van der Waals surface area contributed by atoms with Crippen LogP contribution in [-0.2, 0) is 10.2 Å². The van der Waals surface area contributed by atoms with E-state index in [4.69, 9.17) is 9.15 Å². The topological polar surface area (TPSA) is 68.5 Å². The van der Waals surface area contributed by atoms with Gasteiger partial charge in [0.25, 0.3) is 5.91 Å². The predicted octanol–water partition coefficient (Wildman–Crippen LogP) is 4.00. The maximum Gasteiger partial charge on any atom is 0.311 e. The molecule has 0 spiro atoms. The summed E-state index contributed by atoms with van der Waals surface area (Å²) in [6.07, 6.45) is 2.18. The van der Waals surface area contributed by atoms with Crippen molar-refractivity contribution in [1.29, 1.82) is 0 Å². The first-order valence-corrected chi connectivity index (χ1v) is 8.41. The van der Waals surface area contributed by atoms with Gasteiger partial charge in [-0.1, -0.05) is 32.9 Å². The van der Waals surface area contributed by atoms with Crippen molar-refractivity contribution in [1.82, 2.24) is 5.32 Å². The van der Waals surface area contributed by atoms with Crippen LogP contribution in [-0.4, -0.2) is 18.4 Å². The maximum absolute atomic E-state index is 12.0. The number of carbonyl (C=O) groups is 2. The molecular weight excluding hydrogens is 318 g/mol. The number of esters is 1. The highest BCUT2D eigenvalue weighted by molar-refractivity contribution is 5.91. The summed E-state index contributed by atoms with van der Waals surface area (Å²) in [6.45, 7) is 8.75. The lowest BCUT2D eigenvalue weighted by atomic mass is 9.86. The minimum Gasteiger partial charge on any atom is -0.459 e. The summed E-state index contributed by atoms with van der Waals surface area (Å²) in [7, 11) is 0. The molecule has 134 valence electrons. The molecule has 1 aromatic carbocycles. The smallest absolute Gasteiger partial charge is 0.311 e. The van der Waals surface area contributed by atoms with Gasteiger partial charge in [0.2, 0.25) is 0 Å².